The van der Waals surface area contributed by atoms with Gasteiger partial charge < -0.3 is 15.2 Å². The Hall–Kier alpha value is -1.89. The van der Waals surface area contributed by atoms with Crippen LogP contribution in [0.2, 0.25) is 5.02 Å². The van der Waals surface area contributed by atoms with Crippen LogP contribution >= 0.6 is 11.6 Å². The summed E-state index contributed by atoms with van der Waals surface area (Å²) < 4.78 is 6.81. The van der Waals surface area contributed by atoms with Crippen LogP contribution in [0.15, 0.2) is 36.5 Å². The van der Waals surface area contributed by atoms with E-state index in [1.165, 1.54) is 0 Å². The van der Waals surface area contributed by atoms with Gasteiger partial charge in [0, 0.05) is 43.8 Å². The number of hydrogen-bond donors (Lipinski definition) is 2. The maximum absolute atomic E-state index is 12.2. The van der Waals surface area contributed by atoms with E-state index in [2.05, 4.69) is 10.4 Å². The first kappa shape index (κ1) is 16.0. The van der Waals surface area contributed by atoms with E-state index in [9.17, 15) is 9.90 Å². The molecular formula is C16H18ClN3O3. The first-order chi connectivity index (χ1) is 11.1. The van der Waals surface area contributed by atoms with Crippen LogP contribution < -0.4 is 5.32 Å². The number of amides is 1. The van der Waals surface area contributed by atoms with Crippen molar-refractivity contribution >= 4 is 17.5 Å². The summed E-state index contributed by atoms with van der Waals surface area (Å²) in [5.74, 6) is -0.314. The summed E-state index contributed by atoms with van der Waals surface area (Å²) in [6.07, 6.45) is 2.73. The predicted octanol–water partition coefficient (Wildman–Crippen LogP) is 1.80. The number of carbonyl (C=O) groups excluding carboxylic acids is 1. The normalized spacial score (nSPS) is 17.0. The van der Waals surface area contributed by atoms with E-state index in [0.29, 0.717) is 36.8 Å². The first-order valence-corrected chi connectivity index (χ1v) is 7.84. The molecule has 1 aliphatic rings. The summed E-state index contributed by atoms with van der Waals surface area (Å²) in [5, 5.41) is 17.9. The lowest BCUT2D eigenvalue weighted by Crippen LogP contribution is -2.46. The number of hydrogen-bond acceptors (Lipinski definition) is 4. The third-order valence-electron chi connectivity index (χ3n) is 3.90. The lowest BCUT2D eigenvalue weighted by molar-refractivity contribution is -0.0605. The average Bonchev–Trinajstić information content (AvgIpc) is 3.03. The molecule has 2 aromatic rings. The molecule has 122 valence electrons. The Balaban J connectivity index is 1.64. The minimum Gasteiger partial charge on any atom is -0.388 e. The van der Waals surface area contributed by atoms with Gasteiger partial charge in [-0.25, -0.2) is 4.68 Å². The summed E-state index contributed by atoms with van der Waals surface area (Å²) in [5.41, 5.74) is 0.170. The number of aliphatic hydroxyl groups is 1. The number of ether oxygens (including phenoxy) is 1. The van der Waals surface area contributed by atoms with Crippen LogP contribution in [0.25, 0.3) is 5.69 Å². The molecule has 0 aliphatic carbocycles. The molecule has 23 heavy (non-hydrogen) atoms. The van der Waals surface area contributed by atoms with Crippen molar-refractivity contribution in [1.82, 2.24) is 15.1 Å². The van der Waals surface area contributed by atoms with Gasteiger partial charge >= 0.3 is 0 Å². The van der Waals surface area contributed by atoms with Crippen molar-refractivity contribution in [3.63, 3.8) is 0 Å². The largest absolute Gasteiger partial charge is 0.388 e. The van der Waals surface area contributed by atoms with Gasteiger partial charge in [0.25, 0.3) is 5.91 Å². The van der Waals surface area contributed by atoms with Crippen molar-refractivity contribution in [1.29, 1.82) is 0 Å². The summed E-state index contributed by atoms with van der Waals surface area (Å²) in [6.45, 7) is 1.21. The fourth-order valence-electron chi connectivity index (χ4n) is 2.47. The number of rotatable bonds is 4. The Labute approximate surface area is 139 Å². The molecule has 0 saturated carbocycles. The molecule has 1 aromatic carbocycles. The highest BCUT2D eigenvalue weighted by Crippen LogP contribution is 2.19. The maximum Gasteiger partial charge on any atom is 0.271 e. The number of aromatic nitrogens is 2. The third kappa shape index (κ3) is 3.90. The van der Waals surface area contributed by atoms with E-state index in [4.69, 9.17) is 16.3 Å². The van der Waals surface area contributed by atoms with Gasteiger partial charge in [-0.3, -0.25) is 4.79 Å². The number of nitrogens with zero attached hydrogens (tertiary/aromatic N) is 2. The molecule has 1 aliphatic heterocycles. The minimum absolute atomic E-state index is 0.194. The van der Waals surface area contributed by atoms with E-state index in [0.717, 1.165) is 5.69 Å². The summed E-state index contributed by atoms with van der Waals surface area (Å²) in [6, 6.07) is 8.84. The van der Waals surface area contributed by atoms with Gasteiger partial charge in [-0.05, 0) is 24.3 Å². The predicted molar refractivity (Wildman–Crippen MR) is 85.9 cm³/mol. The van der Waals surface area contributed by atoms with Crippen molar-refractivity contribution < 1.29 is 14.6 Å². The zero-order valence-electron chi connectivity index (χ0n) is 12.5. The van der Waals surface area contributed by atoms with E-state index in [1.54, 1.807) is 29.1 Å². The lowest BCUT2D eigenvalue weighted by atomic mass is 9.94. The van der Waals surface area contributed by atoms with Crippen LogP contribution in [-0.4, -0.2) is 46.2 Å². The Morgan fingerprint density at radius 1 is 1.39 bits per heavy atom. The van der Waals surface area contributed by atoms with Gasteiger partial charge in [0.1, 0.15) is 0 Å². The second-order valence-electron chi connectivity index (χ2n) is 5.64. The number of benzene rings is 1. The maximum atomic E-state index is 12.2. The van der Waals surface area contributed by atoms with E-state index in [1.807, 2.05) is 12.1 Å². The second-order valence-corrected chi connectivity index (χ2v) is 6.08. The van der Waals surface area contributed by atoms with Crippen LogP contribution in [0, 0.1) is 0 Å². The fraction of sp³-hybridized carbons (Fsp3) is 0.375. The standard InChI is InChI=1S/C16H18ClN3O3/c17-12-2-1-3-13(10-12)20-7-4-14(19-20)15(21)18-11-16(22)5-8-23-9-6-16/h1-4,7,10,22H,5-6,8-9,11H2,(H,18,21). The van der Waals surface area contributed by atoms with Gasteiger partial charge in [0.05, 0.1) is 11.3 Å². The Kier molecular flexibility index (Phi) is 4.66. The molecule has 7 heteroatoms. The molecule has 1 fully saturated rings. The molecule has 2 N–H and O–H groups in total. The zero-order chi connectivity index (χ0) is 16.3. The quantitative estimate of drug-likeness (QED) is 0.893. The summed E-state index contributed by atoms with van der Waals surface area (Å²) >= 11 is 5.96. The van der Waals surface area contributed by atoms with Crippen LogP contribution in [-0.2, 0) is 4.74 Å². The van der Waals surface area contributed by atoms with Gasteiger partial charge in [-0.15, -0.1) is 0 Å². The van der Waals surface area contributed by atoms with Gasteiger partial charge in [0.2, 0.25) is 0 Å². The van der Waals surface area contributed by atoms with Gasteiger partial charge in [-0.1, -0.05) is 17.7 Å². The monoisotopic (exact) mass is 335 g/mol. The van der Waals surface area contributed by atoms with E-state index in [-0.39, 0.29) is 12.5 Å². The Morgan fingerprint density at radius 2 is 2.17 bits per heavy atom. The summed E-state index contributed by atoms with van der Waals surface area (Å²) in [4.78, 5) is 12.2. The topological polar surface area (TPSA) is 76.4 Å². The SMILES string of the molecule is O=C(NCC1(O)CCOCC1)c1ccn(-c2cccc(Cl)c2)n1. The smallest absolute Gasteiger partial charge is 0.271 e. The van der Waals surface area contributed by atoms with Gasteiger partial charge in [-0.2, -0.15) is 5.10 Å². The molecule has 1 saturated heterocycles. The molecule has 1 amide bonds. The number of halogens is 1. The highest BCUT2D eigenvalue weighted by Gasteiger charge is 2.30. The molecule has 0 radical (unpaired) electrons. The lowest BCUT2D eigenvalue weighted by Gasteiger charge is -2.31. The van der Waals surface area contributed by atoms with E-state index >= 15 is 0 Å². The van der Waals surface area contributed by atoms with E-state index < -0.39 is 5.60 Å². The molecule has 3 rings (SSSR count). The molecule has 0 bridgehead atoms. The third-order valence-corrected chi connectivity index (χ3v) is 4.13. The van der Waals surface area contributed by atoms with Crippen LogP contribution in [0.3, 0.4) is 0 Å². The van der Waals surface area contributed by atoms with Crippen molar-refractivity contribution in [3.05, 3.63) is 47.2 Å². The van der Waals surface area contributed by atoms with Gasteiger partial charge in [0.15, 0.2) is 5.69 Å². The molecule has 6 nitrogen and oxygen atoms in total. The Morgan fingerprint density at radius 3 is 2.91 bits per heavy atom. The fourth-order valence-corrected chi connectivity index (χ4v) is 2.66. The highest BCUT2D eigenvalue weighted by atomic mass is 35.5. The molecule has 0 spiro atoms. The van der Waals surface area contributed by atoms with Crippen molar-refractivity contribution in [2.75, 3.05) is 19.8 Å². The minimum atomic E-state index is -0.899. The second kappa shape index (κ2) is 6.70. The summed E-state index contributed by atoms with van der Waals surface area (Å²) in [7, 11) is 0. The number of nitrogens with one attached hydrogen (secondary N) is 1. The molecule has 1 aromatic heterocycles. The molecule has 2 heterocycles. The van der Waals surface area contributed by atoms with Crippen LogP contribution in [0.4, 0.5) is 0 Å². The number of carbonyl (C=O) groups is 1. The van der Waals surface area contributed by atoms with Crippen LogP contribution in [0.5, 0.6) is 0 Å². The molecule has 0 atom stereocenters. The molecule has 0 unspecified atom stereocenters. The van der Waals surface area contributed by atoms with Crippen LogP contribution in [0.1, 0.15) is 23.3 Å². The van der Waals surface area contributed by atoms with Crippen molar-refractivity contribution in [2.24, 2.45) is 0 Å². The Bertz CT molecular complexity index is 695. The van der Waals surface area contributed by atoms with Crippen molar-refractivity contribution in [3.8, 4) is 5.69 Å². The highest BCUT2D eigenvalue weighted by molar-refractivity contribution is 6.30. The molecular weight excluding hydrogens is 318 g/mol. The zero-order valence-corrected chi connectivity index (χ0v) is 13.3. The van der Waals surface area contributed by atoms with Crippen molar-refractivity contribution in [2.45, 2.75) is 18.4 Å². The first-order valence-electron chi connectivity index (χ1n) is 7.46. The average molecular weight is 336 g/mol.